The van der Waals surface area contributed by atoms with Crippen LogP contribution < -0.4 is 10.6 Å². The van der Waals surface area contributed by atoms with Crippen molar-refractivity contribution in [1.82, 2.24) is 15.2 Å². The van der Waals surface area contributed by atoms with E-state index in [1.807, 2.05) is 42.7 Å². The third-order valence-electron chi connectivity index (χ3n) is 4.42. The number of nitrogens with zero attached hydrogens (tertiary/aromatic N) is 2. The Hall–Kier alpha value is -2.40. The Morgan fingerprint density at radius 1 is 1.08 bits per heavy atom. The molecule has 0 radical (unpaired) electrons. The molecule has 5 nitrogen and oxygen atoms in total. The first-order valence-corrected chi connectivity index (χ1v) is 8.53. The zero-order valence-corrected chi connectivity index (χ0v) is 13.8. The van der Waals surface area contributed by atoms with E-state index in [1.165, 1.54) is 5.56 Å². The zero-order chi connectivity index (χ0) is 16.6. The number of aromatic nitrogens is 1. The number of hydrogen-bond acceptors (Lipinski definition) is 3. The van der Waals surface area contributed by atoms with Gasteiger partial charge in [-0.1, -0.05) is 18.2 Å². The molecule has 126 valence electrons. The van der Waals surface area contributed by atoms with E-state index in [0.29, 0.717) is 0 Å². The van der Waals surface area contributed by atoms with E-state index in [4.69, 9.17) is 0 Å². The summed E-state index contributed by atoms with van der Waals surface area (Å²) < 4.78 is 0. The van der Waals surface area contributed by atoms with Crippen LogP contribution >= 0.6 is 0 Å². The molecule has 1 aromatic heterocycles. The molecule has 1 aliphatic heterocycles. The third-order valence-corrected chi connectivity index (χ3v) is 4.42. The number of urea groups is 1. The van der Waals surface area contributed by atoms with E-state index in [-0.39, 0.29) is 12.1 Å². The van der Waals surface area contributed by atoms with Gasteiger partial charge >= 0.3 is 6.03 Å². The summed E-state index contributed by atoms with van der Waals surface area (Å²) in [5.74, 6) is 0. The molecule has 0 saturated carbocycles. The van der Waals surface area contributed by atoms with E-state index in [9.17, 15) is 4.79 Å². The van der Waals surface area contributed by atoms with E-state index < -0.39 is 0 Å². The summed E-state index contributed by atoms with van der Waals surface area (Å²) in [5.41, 5.74) is 2.15. The normalized spacial score (nSPS) is 15.8. The molecule has 2 amide bonds. The lowest BCUT2D eigenvalue weighted by atomic mass is 10.0. The summed E-state index contributed by atoms with van der Waals surface area (Å²) in [6, 6.07) is 13.8. The Bertz CT molecular complexity index is 624. The molecule has 0 atom stereocenters. The molecule has 5 heteroatoms. The van der Waals surface area contributed by atoms with Crippen molar-refractivity contribution in [2.75, 3.05) is 25.0 Å². The largest absolute Gasteiger partial charge is 0.335 e. The summed E-state index contributed by atoms with van der Waals surface area (Å²) in [7, 11) is 0. The number of piperidine rings is 1. The first kappa shape index (κ1) is 16.5. The van der Waals surface area contributed by atoms with Crippen LogP contribution in [-0.4, -0.2) is 41.6 Å². The molecule has 0 unspecified atom stereocenters. The highest BCUT2D eigenvalue weighted by atomic mass is 16.2. The van der Waals surface area contributed by atoms with Gasteiger partial charge in [-0.05, 0) is 49.1 Å². The smallest absolute Gasteiger partial charge is 0.319 e. The Kier molecular flexibility index (Phi) is 5.80. The monoisotopic (exact) mass is 324 g/mol. The van der Waals surface area contributed by atoms with Crippen LogP contribution in [0.1, 0.15) is 18.4 Å². The molecule has 2 heterocycles. The van der Waals surface area contributed by atoms with Gasteiger partial charge in [0.1, 0.15) is 0 Å². The topological polar surface area (TPSA) is 57.3 Å². The molecule has 1 aliphatic rings. The van der Waals surface area contributed by atoms with Gasteiger partial charge < -0.3 is 15.5 Å². The van der Waals surface area contributed by atoms with Gasteiger partial charge in [0.15, 0.2) is 0 Å². The van der Waals surface area contributed by atoms with Crippen LogP contribution in [0, 0.1) is 0 Å². The Labute approximate surface area is 143 Å². The summed E-state index contributed by atoms with van der Waals surface area (Å²) >= 11 is 0. The van der Waals surface area contributed by atoms with E-state index in [2.05, 4.69) is 32.7 Å². The maximum atomic E-state index is 12.0. The van der Waals surface area contributed by atoms with E-state index in [1.54, 1.807) is 0 Å². The van der Waals surface area contributed by atoms with Crippen molar-refractivity contribution in [2.45, 2.75) is 25.3 Å². The van der Waals surface area contributed by atoms with Gasteiger partial charge in [0.2, 0.25) is 0 Å². The van der Waals surface area contributed by atoms with Crippen LogP contribution in [0.2, 0.25) is 0 Å². The lowest BCUT2D eigenvalue weighted by molar-refractivity contribution is 0.197. The maximum Gasteiger partial charge on any atom is 0.319 e. The van der Waals surface area contributed by atoms with Gasteiger partial charge in [-0.15, -0.1) is 0 Å². The van der Waals surface area contributed by atoms with Crippen molar-refractivity contribution >= 4 is 11.7 Å². The molecule has 3 rings (SSSR count). The predicted molar refractivity (Wildman–Crippen MR) is 96.0 cm³/mol. The predicted octanol–water partition coefficient (Wildman–Crippen LogP) is 2.91. The number of carbonyl (C=O) groups is 1. The van der Waals surface area contributed by atoms with Gasteiger partial charge in [0, 0.05) is 43.8 Å². The van der Waals surface area contributed by atoms with Crippen molar-refractivity contribution < 1.29 is 4.79 Å². The molecule has 24 heavy (non-hydrogen) atoms. The number of nitrogens with one attached hydrogen (secondary N) is 2. The van der Waals surface area contributed by atoms with Gasteiger partial charge in [0.05, 0.1) is 0 Å². The molecule has 1 aromatic carbocycles. The van der Waals surface area contributed by atoms with E-state index >= 15 is 0 Å². The summed E-state index contributed by atoms with van der Waals surface area (Å²) in [4.78, 5) is 18.5. The Balaban J connectivity index is 1.36. The Morgan fingerprint density at radius 3 is 2.50 bits per heavy atom. The SMILES string of the molecule is O=C(Nc1ccccc1)NC1CCN(CCc2ccncc2)CC1. The Morgan fingerprint density at radius 2 is 1.79 bits per heavy atom. The lowest BCUT2D eigenvalue weighted by Crippen LogP contribution is -2.46. The van der Waals surface area contributed by atoms with Gasteiger partial charge in [-0.2, -0.15) is 0 Å². The fraction of sp³-hybridized carbons (Fsp3) is 0.368. The molecule has 0 aliphatic carbocycles. The zero-order valence-electron chi connectivity index (χ0n) is 13.8. The highest BCUT2D eigenvalue weighted by Gasteiger charge is 2.20. The molecule has 0 bridgehead atoms. The minimum absolute atomic E-state index is 0.114. The molecule has 1 saturated heterocycles. The van der Waals surface area contributed by atoms with Crippen molar-refractivity contribution in [3.05, 3.63) is 60.4 Å². The highest BCUT2D eigenvalue weighted by molar-refractivity contribution is 5.89. The second-order valence-electron chi connectivity index (χ2n) is 6.19. The maximum absolute atomic E-state index is 12.0. The lowest BCUT2D eigenvalue weighted by Gasteiger charge is -2.32. The van der Waals surface area contributed by atoms with Crippen molar-refractivity contribution in [3.8, 4) is 0 Å². The fourth-order valence-electron chi connectivity index (χ4n) is 3.01. The number of para-hydroxylation sites is 1. The fourth-order valence-corrected chi connectivity index (χ4v) is 3.01. The third kappa shape index (κ3) is 5.06. The molecular formula is C19H24N4O. The first-order valence-electron chi connectivity index (χ1n) is 8.53. The number of amides is 2. The number of benzene rings is 1. The summed E-state index contributed by atoms with van der Waals surface area (Å²) in [6.45, 7) is 3.12. The number of likely N-dealkylation sites (tertiary alicyclic amines) is 1. The quantitative estimate of drug-likeness (QED) is 0.889. The van der Waals surface area contributed by atoms with E-state index in [0.717, 1.165) is 44.6 Å². The highest BCUT2D eigenvalue weighted by Crippen LogP contribution is 2.12. The van der Waals surface area contributed by atoms with Gasteiger partial charge in [-0.25, -0.2) is 4.79 Å². The summed E-state index contributed by atoms with van der Waals surface area (Å²) in [5, 5.41) is 5.95. The summed E-state index contributed by atoms with van der Waals surface area (Å²) in [6.07, 6.45) is 6.74. The second kappa shape index (κ2) is 8.45. The van der Waals surface area contributed by atoms with Crippen LogP contribution in [0.3, 0.4) is 0 Å². The first-order chi connectivity index (χ1) is 11.8. The number of hydrogen-bond donors (Lipinski definition) is 2. The second-order valence-corrected chi connectivity index (χ2v) is 6.19. The molecule has 0 spiro atoms. The van der Waals surface area contributed by atoms with Gasteiger partial charge in [0.25, 0.3) is 0 Å². The van der Waals surface area contributed by atoms with Crippen LogP contribution in [0.15, 0.2) is 54.9 Å². The van der Waals surface area contributed by atoms with Crippen LogP contribution in [0.4, 0.5) is 10.5 Å². The number of anilines is 1. The van der Waals surface area contributed by atoms with Crippen LogP contribution in [-0.2, 0) is 6.42 Å². The minimum Gasteiger partial charge on any atom is -0.335 e. The van der Waals surface area contributed by atoms with Crippen LogP contribution in [0.5, 0.6) is 0 Å². The molecule has 2 N–H and O–H groups in total. The average Bonchev–Trinajstić information content (AvgIpc) is 2.63. The average molecular weight is 324 g/mol. The number of pyridine rings is 1. The standard InChI is InChI=1S/C19H24N4O/c24-19(21-17-4-2-1-3-5-17)22-18-9-14-23(15-10-18)13-8-16-6-11-20-12-7-16/h1-7,11-12,18H,8-10,13-15H2,(H2,21,22,24). The number of carbonyl (C=O) groups excluding carboxylic acids is 1. The van der Waals surface area contributed by atoms with Crippen molar-refractivity contribution in [2.24, 2.45) is 0 Å². The molecule has 2 aromatic rings. The van der Waals surface area contributed by atoms with Crippen molar-refractivity contribution in [3.63, 3.8) is 0 Å². The molecular weight excluding hydrogens is 300 g/mol. The molecule has 1 fully saturated rings. The minimum atomic E-state index is -0.114. The van der Waals surface area contributed by atoms with Gasteiger partial charge in [-0.3, -0.25) is 4.98 Å². The van der Waals surface area contributed by atoms with Crippen LogP contribution in [0.25, 0.3) is 0 Å². The van der Waals surface area contributed by atoms with Crippen molar-refractivity contribution in [1.29, 1.82) is 0 Å². The number of rotatable bonds is 5.